The molecule has 0 spiro atoms. The van der Waals surface area contributed by atoms with Crippen LogP contribution in [0, 0.1) is 12.7 Å². The van der Waals surface area contributed by atoms with Crippen LogP contribution in [0.15, 0.2) is 40.1 Å². The molecular formula is C32H32FN7O6. The number of nitrogens with zero attached hydrogens (tertiary/aromatic N) is 5. The monoisotopic (exact) mass is 629 g/mol. The summed E-state index contributed by atoms with van der Waals surface area (Å²) in [6.45, 7) is 6.40. The Kier molecular flexibility index (Phi) is 7.11. The van der Waals surface area contributed by atoms with Crippen molar-refractivity contribution in [3.63, 3.8) is 0 Å². The van der Waals surface area contributed by atoms with Gasteiger partial charge in [0.05, 0.1) is 28.0 Å². The van der Waals surface area contributed by atoms with Crippen molar-refractivity contribution in [1.82, 2.24) is 24.3 Å². The molecule has 14 heteroatoms. The van der Waals surface area contributed by atoms with Crippen molar-refractivity contribution in [2.45, 2.75) is 38.8 Å². The van der Waals surface area contributed by atoms with E-state index in [0.29, 0.717) is 30.0 Å². The van der Waals surface area contributed by atoms with E-state index in [0.717, 1.165) is 13.1 Å². The summed E-state index contributed by atoms with van der Waals surface area (Å²) in [5.74, 6) is -1.81. The van der Waals surface area contributed by atoms with Crippen molar-refractivity contribution in [3.05, 3.63) is 68.2 Å². The molecular weight excluding hydrogens is 597 g/mol. The highest BCUT2D eigenvalue weighted by Crippen LogP contribution is 2.42. The van der Waals surface area contributed by atoms with Gasteiger partial charge in [0.25, 0.3) is 11.5 Å². The van der Waals surface area contributed by atoms with Gasteiger partial charge in [-0.3, -0.25) is 33.9 Å². The predicted molar refractivity (Wildman–Crippen MR) is 168 cm³/mol. The maximum absolute atomic E-state index is 15.8. The number of hydrogen-bond donors (Lipinski definition) is 2. The molecule has 5 heterocycles. The van der Waals surface area contributed by atoms with Crippen molar-refractivity contribution in [2.75, 3.05) is 50.1 Å². The van der Waals surface area contributed by atoms with Crippen LogP contribution in [-0.4, -0.2) is 76.6 Å². The van der Waals surface area contributed by atoms with Gasteiger partial charge in [0.2, 0.25) is 17.2 Å². The van der Waals surface area contributed by atoms with Crippen LogP contribution in [0.1, 0.15) is 48.0 Å². The molecule has 1 unspecified atom stereocenters. The summed E-state index contributed by atoms with van der Waals surface area (Å²) in [7, 11) is 2.01. The molecule has 46 heavy (non-hydrogen) atoms. The summed E-state index contributed by atoms with van der Waals surface area (Å²) in [5, 5.41) is 5.17. The Morgan fingerprint density at radius 3 is 2.61 bits per heavy atom. The lowest BCUT2D eigenvalue weighted by molar-refractivity contribution is -0.135. The standard InChI is InChI=1S/C32H32FN7O6/c1-16-15-46-29-26-19(13-21(33)27(29)38-11-9-37(3)10-12-38)28(42)20(14-39(16)26)30(43)35-22-6-4-5-18-25(22)34-17(2)40(32(18)45)23-7-8-24(41)36-31(23)44/h4-6,13-14,16,23H,7-12,15H2,1-3H3,(H,35,43)(H,36,41,44)/t16-,23?/m0/s1. The van der Waals surface area contributed by atoms with Gasteiger partial charge in [0, 0.05) is 38.8 Å². The highest BCUT2D eigenvalue weighted by atomic mass is 19.1. The maximum atomic E-state index is 15.8. The fraction of sp³-hybridized carbons (Fsp3) is 0.375. The molecule has 0 bridgehead atoms. The topological polar surface area (TPSA) is 148 Å². The highest BCUT2D eigenvalue weighted by Gasteiger charge is 2.33. The van der Waals surface area contributed by atoms with Gasteiger partial charge < -0.3 is 24.4 Å². The molecule has 2 fully saturated rings. The maximum Gasteiger partial charge on any atom is 0.262 e. The molecule has 0 radical (unpaired) electrons. The average Bonchev–Trinajstić information content (AvgIpc) is 3.02. The third kappa shape index (κ3) is 4.71. The molecule has 3 aliphatic rings. The molecule has 2 atom stereocenters. The first-order valence-corrected chi connectivity index (χ1v) is 15.2. The number of para-hydroxylation sites is 1. The Morgan fingerprint density at radius 1 is 1.11 bits per heavy atom. The van der Waals surface area contributed by atoms with Crippen molar-refractivity contribution in [3.8, 4) is 5.75 Å². The van der Waals surface area contributed by atoms with E-state index in [4.69, 9.17) is 4.74 Å². The van der Waals surface area contributed by atoms with Crippen LogP contribution >= 0.6 is 0 Å². The van der Waals surface area contributed by atoms with Crippen molar-refractivity contribution >= 4 is 50.9 Å². The Morgan fingerprint density at radius 2 is 1.87 bits per heavy atom. The number of aromatic nitrogens is 3. The van der Waals surface area contributed by atoms with Gasteiger partial charge in [0.1, 0.15) is 35.2 Å². The predicted octanol–water partition coefficient (Wildman–Crippen LogP) is 2.09. The van der Waals surface area contributed by atoms with Gasteiger partial charge >= 0.3 is 0 Å². The summed E-state index contributed by atoms with van der Waals surface area (Å²) < 4.78 is 24.8. The van der Waals surface area contributed by atoms with Gasteiger partial charge in [-0.05, 0) is 45.5 Å². The number of carbonyl (C=O) groups excluding carboxylic acids is 3. The van der Waals surface area contributed by atoms with Crippen LogP contribution < -0.4 is 31.3 Å². The average molecular weight is 630 g/mol. The lowest BCUT2D eigenvalue weighted by atomic mass is 10.0. The number of carbonyl (C=O) groups is 3. The minimum atomic E-state index is -0.900. The third-order valence-electron chi connectivity index (χ3n) is 9.08. The summed E-state index contributed by atoms with van der Waals surface area (Å²) >= 11 is 0. The smallest absolute Gasteiger partial charge is 0.262 e. The molecule has 3 aliphatic heterocycles. The van der Waals surface area contributed by atoms with E-state index >= 15 is 4.39 Å². The van der Waals surface area contributed by atoms with Crippen molar-refractivity contribution < 1.29 is 23.5 Å². The van der Waals surface area contributed by atoms with E-state index < -0.39 is 40.6 Å². The number of piperazine rings is 1. The Bertz CT molecular complexity index is 2100. The van der Waals surface area contributed by atoms with Gasteiger partial charge in [-0.15, -0.1) is 0 Å². The number of pyridine rings is 1. The summed E-state index contributed by atoms with van der Waals surface area (Å²) in [6.07, 6.45) is 1.72. The lowest BCUT2D eigenvalue weighted by Gasteiger charge is -2.37. The molecule has 2 saturated heterocycles. The van der Waals surface area contributed by atoms with Gasteiger partial charge in [-0.1, -0.05) is 6.07 Å². The minimum absolute atomic E-state index is 0.0311. The molecule has 2 N–H and O–H groups in total. The Labute approximate surface area is 261 Å². The van der Waals surface area contributed by atoms with Crippen LogP contribution in [0.3, 0.4) is 0 Å². The second-order valence-corrected chi connectivity index (χ2v) is 12.1. The molecule has 0 saturated carbocycles. The lowest BCUT2D eigenvalue weighted by Crippen LogP contribution is -2.45. The first-order chi connectivity index (χ1) is 22.0. The fourth-order valence-electron chi connectivity index (χ4n) is 6.61. The minimum Gasteiger partial charge on any atom is -0.487 e. The summed E-state index contributed by atoms with van der Waals surface area (Å²) in [4.78, 5) is 73.9. The molecule has 13 nitrogen and oxygen atoms in total. The number of hydrogen-bond acceptors (Lipinski definition) is 9. The number of ether oxygens (including phenoxy) is 1. The zero-order valence-electron chi connectivity index (χ0n) is 25.6. The number of likely N-dealkylation sites (N-methyl/N-ethyl adjacent to an activating group) is 1. The number of imide groups is 1. The first-order valence-electron chi connectivity index (χ1n) is 15.2. The van der Waals surface area contributed by atoms with Crippen molar-refractivity contribution in [2.24, 2.45) is 0 Å². The Balaban J connectivity index is 1.29. The summed E-state index contributed by atoms with van der Waals surface area (Å²) in [6, 6.07) is 4.68. The van der Waals surface area contributed by atoms with E-state index in [1.54, 1.807) is 23.6 Å². The van der Waals surface area contributed by atoms with Gasteiger partial charge in [0.15, 0.2) is 11.6 Å². The van der Waals surface area contributed by atoms with Crippen molar-refractivity contribution in [1.29, 1.82) is 0 Å². The van der Waals surface area contributed by atoms with E-state index in [9.17, 15) is 24.0 Å². The van der Waals surface area contributed by atoms with Crippen LogP contribution in [0.5, 0.6) is 5.75 Å². The SMILES string of the molecule is Cc1nc2c(NC(=O)c3cn4c5c(c(N6CCN(C)CC6)c(F)cc5c3=O)OC[C@@H]4C)cccc2c(=O)n1C1CCC(=O)NC1=O. The molecule has 4 aromatic rings. The molecule has 0 aliphatic carbocycles. The number of aryl methyl sites for hydroxylation is 1. The van der Waals surface area contributed by atoms with E-state index in [1.807, 2.05) is 18.9 Å². The first kappa shape index (κ1) is 29.6. The van der Waals surface area contributed by atoms with Crippen LogP contribution in [-0.2, 0) is 9.59 Å². The number of rotatable bonds is 4. The third-order valence-corrected chi connectivity index (χ3v) is 9.08. The molecule has 7 rings (SSSR count). The van der Waals surface area contributed by atoms with E-state index in [-0.39, 0.29) is 58.9 Å². The number of amides is 3. The number of fused-ring (bicyclic) bond motifs is 1. The number of nitrogens with one attached hydrogen (secondary N) is 2. The zero-order chi connectivity index (χ0) is 32.4. The molecule has 2 aromatic carbocycles. The molecule has 3 amide bonds. The quantitative estimate of drug-likeness (QED) is 0.324. The molecule has 2 aromatic heterocycles. The summed E-state index contributed by atoms with van der Waals surface area (Å²) in [5.41, 5.74) is -0.247. The second-order valence-electron chi connectivity index (χ2n) is 12.1. The van der Waals surface area contributed by atoms with E-state index in [2.05, 4.69) is 20.5 Å². The number of anilines is 2. The second kappa shape index (κ2) is 11.1. The molecule has 238 valence electrons. The van der Waals surface area contributed by atoms with Gasteiger partial charge in [-0.2, -0.15) is 0 Å². The zero-order valence-corrected chi connectivity index (χ0v) is 25.6. The number of piperidine rings is 1. The van der Waals surface area contributed by atoms with E-state index in [1.165, 1.54) is 22.9 Å². The largest absolute Gasteiger partial charge is 0.487 e. The van der Waals surface area contributed by atoms with Gasteiger partial charge in [-0.25, -0.2) is 9.37 Å². The number of halogens is 1. The van der Waals surface area contributed by atoms with Crippen LogP contribution in [0.25, 0.3) is 21.8 Å². The van der Waals surface area contributed by atoms with Crippen LogP contribution in [0.2, 0.25) is 0 Å². The highest BCUT2D eigenvalue weighted by molar-refractivity contribution is 6.10. The normalized spacial score (nSPS) is 20.1. The fourth-order valence-corrected chi connectivity index (χ4v) is 6.61. The van der Waals surface area contributed by atoms with Crippen LogP contribution in [0.4, 0.5) is 15.8 Å². The number of benzene rings is 2. The Hall–Kier alpha value is -5.11.